The fraction of sp³-hybridized carbons (Fsp3) is 0.500. The molecule has 1 atom stereocenters. The Morgan fingerprint density at radius 1 is 1.24 bits per heavy atom. The first kappa shape index (κ1) is 17.6. The second-order valence-corrected chi connectivity index (χ2v) is 7.11. The van der Waals surface area contributed by atoms with Gasteiger partial charge < -0.3 is 10.6 Å². The number of nitrogens with one attached hydrogen (secondary N) is 2. The highest BCUT2D eigenvalue weighted by atomic mass is 32.2. The second-order valence-electron chi connectivity index (χ2n) is 4.96. The summed E-state index contributed by atoms with van der Waals surface area (Å²) in [7, 11) is 1.23. The van der Waals surface area contributed by atoms with E-state index in [2.05, 4.69) is 10.6 Å². The summed E-state index contributed by atoms with van der Waals surface area (Å²) < 4.78 is 25.1. The van der Waals surface area contributed by atoms with Crippen LogP contribution in [0, 0.1) is 0 Å². The summed E-state index contributed by atoms with van der Waals surface area (Å²) in [5.41, 5.74) is 0.976. The fourth-order valence-electron chi connectivity index (χ4n) is 1.78. The van der Waals surface area contributed by atoms with E-state index in [1.54, 1.807) is 31.3 Å². The van der Waals surface area contributed by atoms with E-state index >= 15 is 0 Å². The maximum absolute atomic E-state index is 12.0. The molecule has 1 unspecified atom stereocenters. The third-order valence-electron chi connectivity index (χ3n) is 3.24. The van der Waals surface area contributed by atoms with Crippen molar-refractivity contribution in [3.8, 4) is 0 Å². The molecule has 1 aromatic rings. The summed E-state index contributed by atoms with van der Waals surface area (Å²) in [6.45, 7) is 2.54. The molecule has 7 heteroatoms. The van der Waals surface area contributed by atoms with Crippen molar-refractivity contribution in [3.63, 3.8) is 0 Å². The molecule has 1 rings (SSSR count). The highest BCUT2D eigenvalue weighted by Crippen LogP contribution is 2.18. The smallest absolute Gasteiger partial charge is 0.242 e. The van der Waals surface area contributed by atoms with Crippen LogP contribution in [0.1, 0.15) is 24.9 Å². The summed E-state index contributed by atoms with van der Waals surface area (Å²) in [6.07, 6.45) is 0.411. The van der Waals surface area contributed by atoms with E-state index in [0.29, 0.717) is 13.0 Å². The molecule has 1 aromatic carbocycles. The molecule has 6 nitrogen and oxygen atoms in total. The molecule has 0 aliphatic rings. The highest BCUT2D eigenvalue weighted by molar-refractivity contribution is 7.89. The van der Waals surface area contributed by atoms with Gasteiger partial charge in [-0.2, -0.15) is 0 Å². The lowest BCUT2D eigenvalue weighted by atomic mass is 10.1. The van der Waals surface area contributed by atoms with Crippen molar-refractivity contribution in [2.24, 2.45) is 0 Å². The predicted octanol–water partition coefficient (Wildman–Crippen LogP) is 0.724. The molecular formula is C14H23N3O3S. The standard InChI is InChI=1S/C14H23N3O3S/c1-11(16-10-9-14(18)15-2)12-5-7-13(8-6-12)21(19,20)17(3)4/h5-8,11,16H,9-10H2,1-4H3,(H,15,18). The van der Waals surface area contributed by atoms with E-state index in [1.807, 2.05) is 6.92 Å². The van der Waals surface area contributed by atoms with Gasteiger partial charge in [0.05, 0.1) is 4.90 Å². The van der Waals surface area contributed by atoms with E-state index in [-0.39, 0.29) is 16.8 Å². The SMILES string of the molecule is CNC(=O)CCNC(C)c1ccc(S(=O)(=O)N(C)C)cc1. The molecule has 0 bridgehead atoms. The Balaban J connectivity index is 2.68. The van der Waals surface area contributed by atoms with Gasteiger partial charge in [-0.1, -0.05) is 12.1 Å². The Hall–Kier alpha value is -1.44. The quantitative estimate of drug-likeness (QED) is 0.777. The summed E-state index contributed by atoms with van der Waals surface area (Å²) >= 11 is 0. The first-order valence-electron chi connectivity index (χ1n) is 6.75. The van der Waals surface area contributed by atoms with Gasteiger partial charge >= 0.3 is 0 Å². The Kier molecular flexibility index (Phi) is 6.32. The van der Waals surface area contributed by atoms with E-state index in [4.69, 9.17) is 0 Å². The molecule has 0 aliphatic carbocycles. The average Bonchev–Trinajstić information content (AvgIpc) is 2.46. The van der Waals surface area contributed by atoms with Crippen molar-refractivity contribution in [2.75, 3.05) is 27.7 Å². The van der Waals surface area contributed by atoms with Gasteiger partial charge in [0, 0.05) is 40.2 Å². The molecule has 118 valence electrons. The van der Waals surface area contributed by atoms with Crippen LogP contribution in [0.15, 0.2) is 29.2 Å². The molecule has 0 saturated heterocycles. The Morgan fingerprint density at radius 3 is 2.29 bits per heavy atom. The first-order valence-corrected chi connectivity index (χ1v) is 8.19. The zero-order chi connectivity index (χ0) is 16.0. The van der Waals surface area contributed by atoms with Crippen molar-refractivity contribution in [3.05, 3.63) is 29.8 Å². The van der Waals surface area contributed by atoms with E-state index in [0.717, 1.165) is 5.56 Å². The number of nitrogens with zero attached hydrogens (tertiary/aromatic N) is 1. The van der Waals surface area contributed by atoms with Crippen LogP contribution in [0.3, 0.4) is 0 Å². The van der Waals surface area contributed by atoms with Crippen LogP contribution in [0.25, 0.3) is 0 Å². The van der Waals surface area contributed by atoms with Crippen molar-refractivity contribution in [1.29, 1.82) is 0 Å². The molecule has 2 N–H and O–H groups in total. The van der Waals surface area contributed by atoms with Gasteiger partial charge in [0.2, 0.25) is 15.9 Å². The number of hydrogen-bond donors (Lipinski definition) is 2. The van der Waals surface area contributed by atoms with Crippen LogP contribution in [0.5, 0.6) is 0 Å². The molecule has 0 aliphatic heterocycles. The van der Waals surface area contributed by atoms with Crippen LogP contribution >= 0.6 is 0 Å². The minimum Gasteiger partial charge on any atom is -0.359 e. The summed E-state index contributed by atoms with van der Waals surface area (Å²) in [4.78, 5) is 11.4. The van der Waals surface area contributed by atoms with Gasteiger partial charge in [0.1, 0.15) is 0 Å². The van der Waals surface area contributed by atoms with Crippen molar-refractivity contribution in [1.82, 2.24) is 14.9 Å². The summed E-state index contributed by atoms with van der Waals surface area (Å²) in [6, 6.07) is 6.82. The molecule has 0 saturated carbocycles. The lowest BCUT2D eigenvalue weighted by molar-refractivity contribution is -0.120. The van der Waals surface area contributed by atoms with Crippen LogP contribution in [0.4, 0.5) is 0 Å². The van der Waals surface area contributed by atoms with Gasteiger partial charge in [-0.25, -0.2) is 12.7 Å². The van der Waals surface area contributed by atoms with E-state index in [1.165, 1.54) is 18.4 Å². The van der Waals surface area contributed by atoms with Crippen LogP contribution in [-0.2, 0) is 14.8 Å². The normalized spacial score (nSPS) is 13.2. The van der Waals surface area contributed by atoms with E-state index < -0.39 is 10.0 Å². The largest absolute Gasteiger partial charge is 0.359 e. The Bertz CT molecular complexity index is 568. The zero-order valence-electron chi connectivity index (χ0n) is 12.9. The Labute approximate surface area is 126 Å². The lowest BCUT2D eigenvalue weighted by Gasteiger charge is -2.15. The maximum Gasteiger partial charge on any atom is 0.242 e. The number of carbonyl (C=O) groups is 1. The topological polar surface area (TPSA) is 78.5 Å². The van der Waals surface area contributed by atoms with Gasteiger partial charge in [0.15, 0.2) is 0 Å². The molecule has 0 heterocycles. The summed E-state index contributed by atoms with van der Waals surface area (Å²) in [5, 5.41) is 5.79. The van der Waals surface area contributed by atoms with Gasteiger partial charge in [-0.15, -0.1) is 0 Å². The van der Waals surface area contributed by atoms with Gasteiger partial charge in [0.25, 0.3) is 0 Å². The molecule has 21 heavy (non-hydrogen) atoms. The fourth-order valence-corrected chi connectivity index (χ4v) is 2.69. The van der Waals surface area contributed by atoms with Crippen LogP contribution in [-0.4, -0.2) is 46.3 Å². The molecule has 0 spiro atoms. The molecule has 1 amide bonds. The first-order chi connectivity index (χ1) is 9.78. The third kappa shape index (κ3) is 4.80. The summed E-state index contributed by atoms with van der Waals surface area (Å²) in [5.74, 6) is -0.0119. The van der Waals surface area contributed by atoms with E-state index in [9.17, 15) is 13.2 Å². The number of sulfonamides is 1. The molecule has 0 fully saturated rings. The molecular weight excluding hydrogens is 290 g/mol. The highest BCUT2D eigenvalue weighted by Gasteiger charge is 2.17. The monoisotopic (exact) mass is 313 g/mol. The van der Waals surface area contributed by atoms with Crippen LogP contribution in [0.2, 0.25) is 0 Å². The number of hydrogen-bond acceptors (Lipinski definition) is 4. The number of carbonyl (C=O) groups excluding carboxylic acids is 1. The number of benzene rings is 1. The Morgan fingerprint density at radius 2 is 1.81 bits per heavy atom. The van der Waals surface area contributed by atoms with Crippen molar-refractivity contribution in [2.45, 2.75) is 24.3 Å². The minimum absolute atomic E-state index is 0.0119. The number of rotatable bonds is 7. The molecule has 0 aromatic heterocycles. The van der Waals surface area contributed by atoms with Gasteiger partial charge in [-0.3, -0.25) is 4.79 Å². The predicted molar refractivity (Wildman–Crippen MR) is 82.4 cm³/mol. The van der Waals surface area contributed by atoms with Crippen LogP contribution < -0.4 is 10.6 Å². The second kappa shape index (κ2) is 7.53. The van der Waals surface area contributed by atoms with Gasteiger partial charge in [-0.05, 0) is 24.6 Å². The number of amides is 1. The lowest BCUT2D eigenvalue weighted by Crippen LogP contribution is -2.26. The van der Waals surface area contributed by atoms with Crippen molar-refractivity contribution >= 4 is 15.9 Å². The third-order valence-corrected chi connectivity index (χ3v) is 5.07. The van der Waals surface area contributed by atoms with Crippen molar-refractivity contribution < 1.29 is 13.2 Å². The average molecular weight is 313 g/mol. The minimum atomic E-state index is -3.39. The molecule has 0 radical (unpaired) electrons. The zero-order valence-corrected chi connectivity index (χ0v) is 13.7. The maximum atomic E-state index is 12.0.